The van der Waals surface area contributed by atoms with E-state index in [1.54, 1.807) is 0 Å². The SMILES string of the molecule is C/C(=C1/C(=O)CC2C3CC=C4C[C@@H](O)CC[C@]4(C)C3CC[C@]12C)C(F)F. The molecule has 0 aromatic carbocycles. The van der Waals surface area contributed by atoms with E-state index in [1.165, 1.54) is 12.5 Å². The number of allylic oxidation sites excluding steroid dienone is 3. The number of ketones is 1. The molecule has 26 heavy (non-hydrogen) atoms. The minimum atomic E-state index is -2.54. The van der Waals surface area contributed by atoms with Gasteiger partial charge < -0.3 is 5.11 Å². The first-order valence-corrected chi connectivity index (χ1v) is 10.1. The molecule has 0 radical (unpaired) electrons. The maximum absolute atomic E-state index is 13.4. The number of halogens is 2. The summed E-state index contributed by atoms with van der Waals surface area (Å²) >= 11 is 0. The van der Waals surface area contributed by atoms with Gasteiger partial charge in [0.2, 0.25) is 0 Å². The fourth-order valence-electron chi connectivity index (χ4n) is 7.05. The van der Waals surface area contributed by atoms with Crippen LogP contribution in [0.15, 0.2) is 22.8 Å². The van der Waals surface area contributed by atoms with Crippen molar-refractivity contribution in [2.75, 3.05) is 0 Å². The summed E-state index contributed by atoms with van der Waals surface area (Å²) in [5.41, 5.74) is 1.54. The number of fused-ring (bicyclic) bond motifs is 5. The normalized spacial score (nSPS) is 47.2. The molecule has 0 aliphatic heterocycles. The van der Waals surface area contributed by atoms with Gasteiger partial charge in [-0.25, -0.2) is 8.78 Å². The Labute approximate surface area is 154 Å². The Hall–Kier alpha value is -1.03. The molecule has 1 N–H and O–H groups in total. The summed E-state index contributed by atoms with van der Waals surface area (Å²) in [6.07, 6.45) is 5.33. The van der Waals surface area contributed by atoms with Crippen molar-refractivity contribution in [3.05, 3.63) is 22.8 Å². The smallest absolute Gasteiger partial charge is 0.260 e. The van der Waals surface area contributed by atoms with Crippen molar-refractivity contribution in [2.45, 2.75) is 78.2 Å². The summed E-state index contributed by atoms with van der Waals surface area (Å²) in [5.74, 6) is 1.03. The number of carbonyl (C=O) groups is 1. The number of alkyl halides is 2. The predicted molar refractivity (Wildman–Crippen MR) is 96.8 cm³/mol. The fraction of sp³-hybridized carbons (Fsp3) is 0.773. The van der Waals surface area contributed by atoms with Crippen LogP contribution in [0.1, 0.15) is 65.7 Å². The highest BCUT2D eigenvalue weighted by atomic mass is 19.3. The Kier molecular flexibility index (Phi) is 4.22. The largest absolute Gasteiger partial charge is 0.393 e. The van der Waals surface area contributed by atoms with Crippen molar-refractivity contribution >= 4 is 5.78 Å². The van der Waals surface area contributed by atoms with E-state index in [4.69, 9.17) is 0 Å². The molecule has 4 rings (SSSR count). The number of rotatable bonds is 1. The van der Waals surface area contributed by atoms with Gasteiger partial charge >= 0.3 is 0 Å². The number of hydrogen-bond acceptors (Lipinski definition) is 2. The van der Waals surface area contributed by atoms with Crippen LogP contribution in [0.2, 0.25) is 0 Å². The van der Waals surface area contributed by atoms with E-state index >= 15 is 0 Å². The van der Waals surface area contributed by atoms with Gasteiger partial charge in [0.15, 0.2) is 5.78 Å². The van der Waals surface area contributed by atoms with E-state index in [1.807, 2.05) is 0 Å². The Morgan fingerprint density at radius 2 is 1.85 bits per heavy atom. The van der Waals surface area contributed by atoms with Gasteiger partial charge in [-0.15, -0.1) is 0 Å². The van der Waals surface area contributed by atoms with Gasteiger partial charge in [-0.2, -0.15) is 0 Å². The van der Waals surface area contributed by atoms with Crippen molar-refractivity contribution in [3.8, 4) is 0 Å². The summed E-state index contributed by atoms with van der Waals surface area (Å²) in [6, 6.07) is 0. The summed E-state index contributed by atoms with van der Waals surface area (Å²) in [4.78, 5) is 12.7. The van der Waals surface area contributed by atoms with Gasteiger partial charge in [0.05, 0.1) is 6.10 Å². The molecule has 0 amide bonds. The van der Waals surface area contributed by atoms with Crippen LogP contribution < -0.4 is 0 Å². The molecule has 3 saturated carbocycles. The van der Waals surface area contributed by atoms with Crippen LogP contribution in [0.5, 0.6) is 0 Å². The molecule has 0 saturated heterocycles. The molecule has 0 aromatic heterocycles. The Morgan fingerprint density at radius 1 is 1.15 bits per heavy atom. The third kappa shape index (κ3) is 2.40. The lowest BCUT2D eigenvalue weighted by molar-refractivity contribution is -0.115. The summed E-state index contributed by atoms with van der Waals surface area (Å²) in [6.45, 7) is 5.84. The summed E-state index contributed by atoms with van der Waals surface area (Å²) in [7, 11) is 0. The van der Waals surface area contributed by atoms with Gasteiger partial charge in [0, 0.05) is 12.0 Å². The predicted octanol–water partition coefficient (Wildman–Crippen LogP) is 5.07. The molecule has 0 spiro atoms. The molecule has 4 aliphatic carbocycles. The molecule has 4 heteroatoms. The first kappa shape index (κ1) is 18.3. The second kappa shape index (κ2) is 5.98. The summed E-state index contributed by atoms with van der Waals surface area (Å²) < 4.78 is 26.8. The number of Topliss-reactive ketones (excluding diaryl/α,β-unsaturated/α-hetero) is 1. The Bertz CT molecular complexity index is 694. The maximum atomic E-state index is 13.4. The van der Waals surface area contributed by atoms with E-state index < -0.39 is 11.8 Å². The average molecular weight is 364 g/mol. The number of carbonyl (C=O) groups excluding carboxylic acids is 1. The van der Waals surface area contributed by atoms with Gasteiger partial charge in [0.1, 0.15) is 0 Å². The van der Waals surface area contributed by atoms with Crippen molar-refractivity contribution in [2.24, 2.45) is 28.6 Å². The Balaban J connectivity index is 1.72. The van der Waals surface area contributed by atoms with Gasteiger partial charge in [-0.05, 0) is 79.6 Å². The van der Waals surface area contributed by atoms with Crippen molar-refractivity contribution < 1.29 is 18.7 Å². The lowest BCUT2D eigenvalue weighted by Crippen LogP contribution is -2.49. The fourth-order valence-corrected chi connectivity index (χ4v) is 7.05. The lowest BCUT2D eigenvalue weighted by atomic mass is 9.47. The van der Waals surface area contributed by atoms with E-state index in [0.29, 0.717) is 23.8 Å². The van der Waals surface area contributed by atoms with E-state index in [9.17, 15) is 18.7 Å². The molecular weight excluding hydrogens is 334 g/mol. The molecule has 2 nitrogen and oxygen atoms in total. The second-order valence-electron chi connectivity index (χ2n) is 9.60. The Morgan fingerprint density at radius 3 is 2.54 bits per heavy atom. The molecule has 0 bridgehead atoms. The molecular formula is C22H30F2O2. The van der Waals surface area contributed by atoms with Gasteiger partial charge in [-0.3, -0.25) is 4.79 Å². The highest BCUT2D eigenvalue weighted by Gasteiger charge is 2.59. The van der Waals surface area contributed by atoms with Gasteiger partial charge in [-0.1, -0.05) is 25.5 Å². The second-order valence-corrected chi connectivity index (χ2v) is 9.60. The zero-order chi connectivity index (χ0) is 18.9. The monoisotopic (exact) mass is 364 g/mol. The van der Waals surface area contributed by atoms with Crippen LogP contribution in [-0.4, -0.2) is 23.4 Å². The van der Waals surface area contributed by atoms with Crippen molar-refractivity contribution in [1.82, 2.24) is 0 Å². The van der Waals surface area contributed by atoms with Crippen LogP contribution in [0, 0.1) is 28.6 Å². The van der Waals surface area contributed by atoms with Crippen LogP contribution in [0.25, 0.3) is 0 Å². The molecule has 0 heterocycles. The minimum absolute atomic E-state index is 0.00232. The minimum Gasteiger partial charge on any atom is -0.393 e. The highest BCUT2D eigenvalue weighted by Crippen LogP contribution is 2.65. The molecule has 144 valence electrons. The zero-order valence-corrected chi connectivity index (χ0v) is 16.0. The molecule has 4 aliphatic rings. The highest BCUT2D eigenvalue weighted by molar-refractivity contribution is 6.00. The molecule has 6 atom stereocenters. The van der Waals surface area contributed by atoms with E-state index in [2.05, 4.69) is 19.9 Å². The van der Waals surface area contributed by atoms with Crippen LogP contribution in [0.3, 0.4) is 0 Å². The van der Waals surface area contributed by atoms with E-state index in [0.717, 1.165) is 38.5 Å². The molecule has 0 aromatic rings. The van der Waals surface area contributed by atoms with Crippen molar-refractivity contribution in [1.29, 1.82) is 0 Å². The van der Waals surface area contributed by atoms with E-state index in [-0.39, 0.29) is 28.8 Å². The third-order valence-corrected chi connectivity index (χ3v) is 8.44. The van der Waals surface area contributed by atoms with Crippen molar-refractivity contribution in [3.63, 3.8) is 0 Å². The topological polar surface area (TPSA) is 37.3 Å². The van der Waals surface area contributed by atoms with Crippen LogP contribution in [-0.2, 0) is 4.79 Å². The number of hydrogen-bond donors (Lipinski definition) is 1. The number of aliphatic hydroxyl groups is 1. The maximum Gasteiger partial charge on any atom is 0.260 e. The number of aliphatic hydroxyl groups excluding tert-OH is 1. The quantitative estimate of drug-likeness (QED) is 0.521. The zero-order valence-electron chi connectivity index (χ0n) is 16.0. The molecule has 3 unspecified atom stereocenters. The molecule has 3 fully saturated rings. The average Bonchev–Trinajstić information content (AvgIpc) is 2.85. The van der Waals surface area contributed by atoms with Crippen LogP contribution in [0.4, 0.5) is 8.78 Å². The van der Waals surface area contributed by atoms with Crippen LogP contribution >= 0.6 is 0 Å². The van der Waals surface area contributed by atoms with Gasteiger partial charge in [0.25, 0.3) is 6.43 Å². The third-order valence-electron chi connectivity index (χ3n) is 8.44. The standard InChI is InChI=1S/C22H30F2O2/c1-12(20(23)24)19-18(26)11-17-15-5-4-13-10-14(25)6-8-21(13,2)16(15)7-9-22(17,19)3/h4,14-17,20,25H,5-11H2,1-3H3/b19-12+/t14-,15?,16?,17?,21-,22-/m0/s1. The first-order valence-electron chi connectivity index (χ1n) is 10.1. The lowest BCUT2D eigenvalue weighted by Gasteiger charge is -2.57. The summed E-state index contributed by atoms with van der Waals surface area (Å²) in [5, 5.41) is 10.1. The first-order chi connectivity index (χ1) is 12.2.